The predicted molar refractivity (Wildman–Crippen MR) is 82.1 cm³/mol. The minimum absolute atomic E-state index is 0.280. The summed E-state index contributed by atoms with van der Waals surface area (Å²) in [5, 5.41) is 3.37. The quantitative estimate of drug-likeness (QED) is 0.844. The number of hydrogen-bond donors (Lipinski definition) is 1. The molecule has 5 heteroatoms. The molecule has 1 N–H and O–H groups in total. The molecule has 0 aliphatic rings. The van der Waals surface area contributed by atoms with Crippen molar-refractivity contribution < 1.29 is 13.5 Å². The van der Waals surface area contributed by atoms with Gasteiger partial charge in [0.1, 0.15) is 5.75 Å². The molecule has 1 aromatic heterocycles. The van der Waals surface area contributed by atoms with E-state index < -0.39 is 6.61 Å². The Morgan fingerprint density at radius 2 is 1.76 bits per heavy atom. The first-order valence-corrected chi connectivity index (χ1v) is 7.58. The van der Waals surface area contributed by atoms with Crippen LogP contribution in [0.3, 0.4) is 0 Å². The number of benzene rings is 1. The van der Waals surface area contributed by atoms with Gasteiger partial charge in [-0.25, -0.2) is 0 Å². The van der Waals surface area contributed by atoms with Crippen LogP contribution in [0.1, 0.15) is 26.4 Å². The van der Waals surface area contributed by atoms with Crippen LogP contribution in [0.4, 0.5) is 8.78 Å². The molecule has 0 radical (unpaired) electrons. The summed E-state index contributed by atoms with van der Waals surface area (Å²) < 4.78 is 29.2. The molecule has 0 aliphatic carbocycles. The second kappa shape index (κ2) is 7.00. The lowest BCUT2D eigenvalue weighted by molar-refractivity contribution is -0.0507. The SMILES string of the molecule is Cc1ccc(CNCc2cc(C)c(OC(F)F)c(C)c2)s1. The topological polar surface area (TPSA) is 21.3 Å². The van der Waals surface area contributed by atoms with Crippen LogP contribution in [0.5, 0.6) is 5.75 Å². The van der Waals surface area contributed by atoms with Crippen molar-refractivity contribution in [2.24, 2.45) is 0 Å². The number of aryl methyl sites for hydroxylation is 3. The van der Waals surface area contributed by atoms with Gasteiger partial charge >= 0.3 is 6.61 Å². The Kier molecular flexibility index (Phi) is 5.31. The van der Waals surface area contributed by atoms with Crippen molar-refractivity contribution in [3.8, 4) is 5.75 Å². The number of alkyl halides is 2. The van der Waals surface area contributed by atoms with Crippen LogP contribution < -0.4 is 10.1 Å². The van der Waals surface area contributed by atoms with Crippen molar-refractivity contribution in [2.45, 2.75) is 40.5 Å². The van der Waals surface area contributed by atoms with Crippen LogP contribution in [0, 0.1) is 20.8 Å². The van der Waals surface area contributed by atoms with E-state index in [1.165, 1.54) is 9.75 Å². The third-order valence-electron chi connectivity index (χ3n) is 3.15. The van der Waals surface area contributed by atoms with Crippen molar-refractivity contribution in [2.75, 3.05) is 0 Å². The van der Waals surface area contributed by atoms with Gasteiger partial charge in [0.25, 0.3) is 0 Å². The monoisotopic (exact) mass is 311 g/mol. The van der Waals surface area contributed by atoms with Gasteiger partial charge in [-0.3, -0.25) is 0 Å². The molecule has 2 nitrogen and oxygen atoms in total. The molecule has 2 aromatic rings. The van der Waals surface area contributed by atoms with Crippen molar-refractivity contribution in [1.29, 1.82) is 0 Å². The molecular formula is C16H19F2NOS. The van der Waals surface area contributed by atoms with E-state index in [2.05, 4.69) is 29.1 Å². The summed E-state index contributed by atoms with van der Waals surface area (Å²) in [6.45, 7) is 4.39. The summed E-state index contributed by atoms with van der Waals surface area (Å²) in [5.41, 5.74) is 2.54. The van der Waals surface area contributed by atoms with Gasteiger partial charge in [-0.2, -0.15) is 8.78 Å². The summed E-state index contributed by atoms with van der Waals surface area (Å²) in [6.07, 6.45) is 0. The lowest BCUT2D eigenvalue weighted by atomic mass is 10.1. The van der Waals surface area contributed by atoms with E-state index in [1.54, 1.807) is 25.2 Å². The lowest BCUT2D eigenvalue weighted by Gasteiger charge is -2.13. The van der Waals surface area contributed by atoms with Gasteiger partial charge in [0, 0.05) is 22.8 Å². The molecule has 0 saturated heterocycles. The Hall–Kier alpha value is -1.46. The maximum absolute atomic E-state index is 12.3. The Balaban J connectivity index is 1.97. The van der Waals surface area contributed by atoms with Crippen molar-refractivity contribution in [3.63, 3.8) is 0 Å². The molecular weight excluding hydrogens is 292 g/mol. The number of rotatable bonds is 6. The number of nitrogens with one attached hydrogen (secondary N) is 1. The molecule has 0 aliphatic heterocycles. The third-order valence-corrected chi connectivity index (χ3v) is 4.15. The standard InChI is InChI=1S/C16H19F2NOS/c1-10-6-13(7-11(2)15(10)20-16(17)18)8-19-9-14-5-4-12(3)21-14/h4-7,16,19H,8-9H2,1-3H3. The summed E-state index contributed by atoms with van der Waals surface area (Å²) in [5.74, 6) is 0.280. The highest BCUT2D eigenvalue weighted by atomic mass is 32.1. The van der Waals surface area contributed by atoms with Gasteiger partial charge in [-0.05, 0) is 49.6 Å². The molecule has 0 atom stereocenters. The minimum Gasteiger partial charge on any atom is -0.434 e. The molecule has 0 bridgehead atoms. The second-order valence-corrected chi connectivity index (χ2v) is 6.43. The molecule has 1 aromatic carbocycles. The fourth-order valence-corrected chi connectivity index (χ4v) is 3.19. The zero-order valence-corrected chi connectivity index (χ0v) is 13.2. The fraction of sp³-hybridized carbons (Fsp3) is 0.375. The second-order valence-electron chi connectivity index (χ2n) is 5.05. The normalized spacial score (nSPS) is 11.1. The zero-order valence-electron chi connectivity index (χ0n) is 12.4. The molecule has 1 heterocycles. The average molecular weight is 311 g/mol. The molecule has 2 rings (SSSR count). The first-order chi connectivity index (χ1) is 9.95. The largest absolute Gasteiger partial charge is 0.434 e. The number of ether oxygens (including phenoxy) is 1. The van der Waals surface area contributed by atoms with Crippen molar-refractivity contribution in [1.82, 2.24) is 5.32 Å². The van der Waals surface area contributed by atoms with E-state index in [0.29, 0.717) is 6.54 Å². The fourth-order valence-electron chi connectivity index (χ4n) is 2.33. The Morgan fingerprint density at radius 1 is 1.10 bits per heavy atom. The minimum atomic E-state index is -2.78. The van der Waals surface area contributed by atoms with Crippen LogP contribution in [-0.4, -0.2) is 6.61 Å². The zero-order chi connectivity index (χ0) is 15.4. The highest BCUT2D eigenvalue weighted by molar-refractivity contribution is 7.11. The predicted octanol–water partition coefficient (Wildman–Crippen LogP) is 4.56. The van der Waals surface area contributed by atoms with Gasteiger partial charge in [-0.1, -0.05) is 12.1 Å². The molecule has 0 saturated carbocycles. The maximum Gasteiger partial charge on any atom is 0.387 e. The van der Waals surface area contributed by atoms with E-state index in [-0.39, 0.29) is 5.75 Å². The van der Waals surface area contributed by atoms with Gasteiger partial charge in [0.05, 0.1) is 0 Å². The number of hydrogen-bond acceptors (Lipinski definition) is 3. The van der Waals surface area contributed by atoms with Crippen molar-refractivity contribution >= 4 is 11.3 Å². The third kappa shape index (κ3) is 4.51. The van der Waals surface area contributed by atoms with Crippen LogP contribution in [-0.2, 0) is 13.1 Å². The van der Waals surface area contributed by atoms with Crippen LogP contribution in [0.2, 0.25) is 0 Å². The van der Waals surface area contributed by atoms with E-state index in [9.17, 15) is 8.78 Å². The van der Waals surface area contributed by atoms with Gasteiger partial charge in [0.2, 0.25) is 0 Å². The summed E-state index contributed by atoms with van der Waals surface area (Å²) in [7, 11) is 0. The molecule has 0 fully saturated rings. The van der Waals surface area contributed by atoms with E-state index in [1.807, 2.05) is 12.1 Å². The van der Waals surface area contributed by atoms with Crippen LogP contribution in [0.15, 0.2) is 24.3 Å². The molecule has 0 spiro atoms. The highest BCUT2D eigenvalue weighted by Gasteiger charge is 2.11. The summed E-state index contributed by atoms with van der Waals surface area (Å²) in [4.78, 5) is 2.59. The first kappa shape index (κ1) is 15.9. The first-order valence-electron chi connectivity index (χ1n) is 6.76. The Morgan fingerprint density at radius 3 is 2.29 bits per heavy atom. The lowest BCUT2D eigenvalue weighted by Crippen LogP contribution is -2.12. The van der Waals surface area contributed by atoms with Gasteiger partial charge in [-0.15, -0.1) is 11.3 Å². The maximum atomic E-state index is 12.3. The van der Waals surface area contributed by atoms with Gasteiger partial charge < -0.3 is 10.1 Å². The van der Waals surface area contributed by atoms with E-state index >= 15 is 0 Å². The molecule has 0 unspecified atom stereocenters. The molecule has 114 valence electrons. The number of halogens is 2. The molecule has 21 heavy (non-hydrogen) atoms. The smallest absolute Gasteiger partial charge is 0.387 e. The van der Waals surface area contributed by atoms with E-state index in [0.717, 1.165) is 23.2 Å². The highest BCUT2D eigenvalue weighted by Crippen LogP contribution is 2.26. The van der Waals surface area contributed by atoms with Crippen molar-refractivity contribution in [3.05, 3.63) is 50.7 Å². The summed E-state index contributed by atoms with van der Waals surface area (Å²) in [6, 6.07) is 7.99. The van der Waals surface area contributed by atoms with Crippen LogP contribution in [0.25, 0.3) is 0 Å². The average Bonchev–Trinajstić information content (AvgIpc) is 2.79. The van der Waals surface area contributed by atoms with E-state index in [4.69, 9.17) is 0 Å². The van der Waals surface area contributed by atoms with Crippen LogP contribution >= 0.6 is 11.3 Å². The molecule has 0 amide bonds. The Labute approximate surface area is 127 Å². The Bertz CT molecular complexity index is 587. The number of thiophene rings is 1. The summed E-state index contributed by atoms with van der Waals surface area (Å²) >= 11 is 1.77. The van der Waals surface area contributed by atoms with Gasteiger partial charge in [0.15, 0.2) is 0 Å².